The first-order chi connectivity index (χ1) is 19.4. The Kier molecular flexibility index (Phi) is 4.16. The number of rotatable bonds is 1. The summed E-state index contributed by atoms with van der Waals surface area (Å²) < 4.78 is 2.30. The van der Waals surface area contributed by atoms with Gasteiger partial charge in [0.1, 0.15) is 0 Å². The summed E-state index contributed by atoms with van der Waals surface area (Å²) in [6, 6.07) is 34.9. The highest BCUT2D eigenvalue weighted by molar-refractivity contribution is 7.99. The molecule has 5 heterocycles. The summed E-state index contributed by atoms with van der Waals surface area (Å²) in [7, 11) is 0. The standard InChI is InChI=1S/C34H20N4S/c1-4-12-28-22(8-1)23-15-17-35-20-29(23)38(28)21-18-27-33(37-19-21)32-26(11-7-16-36-32)34(27)24-9-2-5-13-30(24)39-31-14-6-3-10-25(31)34/h1-20H. The quantitative estimate of drug-likeness (QED) is 0.223. The smallest absolute Gasteiger partial charge is 0.0939 e. The van der Waals surface area contributed by atoms with E-state index in [-0.39, 0.29) is 0 Å². The fraction of sp³-hybridized carbons (Fsp3) is 0.0294. The highest BCUT2D eigenvalue weighted by Gasteiger charge is 2.51. The monoisotopic (exact) mass is 516 g/mol. The average molecular weight is 517 g/mol. The van der Waals surface area contributed by atoms with Gasteiger partial charge in [-0.05, 0) is 53.1 Å². The fourth-order valence-corrected chi connectivity index (χ4v) is 7.96. The van der Waals surface area contributed by atoms with Crippen LogP contribution in [-0.2, 0) is 5.41 Å². The van der Waals surface area contributed by atoms with Crippen molar-refractivity contribution in [3.05, 3.63) is 144 Å². The number of hydrogen-bond acceptors (Lipinski definition) is 4. The molecule has 2 aliphatic rings. The van der Waals surface area contributed by atoms with Gasteiger partial charge < -0.3 is 4.57 Å². The van der Waals surface area contributed by atoms with Gasteiger partial charge in [0.15, 0.2) is 0 Å². The van der Waals surface area contributed by atoms with Crippen LogP contribution < -0.4 is 0 Å². The lowest BCUT2D eigenvalue weighted by Gasteiger charge is -2.39. The van der Waals surface area contributed by atoms with Crippen LogP contribution in [-0.4, -0.2) is 19.5 Å². The summed E-state index contributed by atoms with van der Waals surface area (Å²) in [5.74, 6) is 0. The molecule has 3 aromatic carbocycles. The van der Waals surface area contributed by atoms with Crippen LogP contribution in [0.1, 0.15) is 22.3 Å². The molecular formula is C34H20N4S. The number of pyridine rings is 3. The topological polar surface area (TPSA) is 43.6 Å². The van der Waals surface area contributed by atoms with Crippen molar-refractivity contribution in [1.82, 2.24) is 19.5 Å². The first kappa shape index (κ1) is 21.2. The van der Waals surface area contributed by atoms with E-state index in [1.807, 2.05) is 36.5 Å². The summed E-state index contributed by atoms with van der Waals surface area (Å²) in [5.41, 5.74) is 9.56. The lowest BCUT2D eigenvalue weighted by atomic mass is 9.67. The van der Waals surface area contributed by atoms with Crippen LogP contribution in [0.25, 0.3) is 38.9 Å². The Balaban J connectivity index is 1.43. The lowest BCUT2D eigenvalue weighted by molar-refractivity contribution is 0.718. The molecule has 0 saturated carbocycles. The molecule has 0 saturated heterocycles. The summed E-state index contributed by atoms with van der Waals surface area (Å²) >= 11 is 1.84. The van der Waals surface area contributed by atoms with Crippen LogP contribution in [0.4, 0.5) is 0 Å². The first-order valence-electron chi connectivity index (χ1n) is 13.0. The van der Waals surface area contributed by atoms with E-state index in [1.165, 1.54) is 42.8 Å². The molecule has 1 spiro atoms. The van der Waals surface area contributed by atoms with Gasteiger partial charge in [-0.3, -0.25) is 15.0 Å². The number of aromatic nitrogens is 4. The van der Waals surface area contributed by atoms with Gasteiger partial charge in [-0.1, -0.05) is 72.4 Å². The second kappa shape index (κ2) is 7.65. The van der Waals surface area contributed by atoms with Crippen molar-refractivity contribution in [1.29, 1.82) is 0 Å². The lowest BCUT2D eigenvalue weighted by Crippen LogP contribution is -2.32. The second-order valence-electron chi connectivity index (χ2n) is 10.1. The maximum Gasteiger partial charge on any atom is 0.0939 e. The first-order valence-corrected chi connectivity index (χ1v) is 13.8. The van der Waals surface area contributed by atoms with Crippen LogP contribution >= 0.6 is 11.8 Å². The molecule has 182 valence electrons. The second-order valence-corrected chi connectivity index (χ2v) is 11.2. The van der Waals surface area contributed by atoms with Crippen molar-refractivity contribution in [3.8, 4) is 17.1 Å². The van der Waals surface area contributed by atoms with Crippen molar-refractivity contribution in [2.75, 3.05) is 0 Å². The van der Waals surface area contributed by atoms with Gasteiger partial charge in [-0.25, -0.2) is 0 Å². The maximum atomic E-state index is 5.16. The summed E-state index contributed by atoms with van der Waals surface area (Å²) in [6.07, 6.45) is 7.69. The van der Waals surface area contributed by atoms with Gasteiger partial charge in [-0.2, -0.15) is 0 Å². The average Bonchev–Trinajstić information content (AvgIpc) is 3.48. The molecule has 0 unspecified atom stereocenters. The van der Waals surface area contributed by atoms with Crippen LogP contribution in [0.15, 0.2) is 132 Å². The van der Waals surface area contributed by atoms with Crippen molar-refractivity contribution < 1.29 is 0 Å². The summed E-state index contributed by atoms with van der Waals surface area (Å²) in [5, 5.41) is 2.39. The molecule has 5 heteroatoms. The zero-order chi connectivity index (χ0) is 25.6. The van der Waals surface area contributed by atoms with Gasteiger partial charge in [0.25, 0.3) is 0 Å². The Morgan fingerprint density at radius 2 is 1.26 bits per heavy atom. The molecule has 1 aliphatic carbocycles. The number of benzene rings is 3. The fourth-order valence-electron chi connectivity index (χ4n) is 6.76. The van der Waals surface area contributed by atoms with Crippen molar-refractivity contribution >= 4 is 33.6 Å². The van der Waals surface area contributed by atoms with Crippen molar-refractivity contribution in [2.24, 2.45) is 0 Å². The molecule has 9 rings (SSSR count). The van der Waals surface area contributed by atoms with Gasteiger partial charge in [-0.15, -0.1) is 0 Å². The molecular weight excluding hydrogens is 496 g/mol. The molecule has 0 N–H and O–H groups in total. The van der Waals surface area contributed by atoms with Crippen molar-refractivity contribution in [3.63, 3.8) is 0 Å². The number of fused-ring (bicyclic) bond motifs is 12. The maximum absolute atomic E-state index is 5.16. The highest BCUT2D eigenvalue weighted by Crippen LogP contribution is 2.61. The molecule has 0 bridgehead atoms. The van der Waals surface area contributed by atoms with Crippen molar-refractivity contribution in [2.45, 2.75) is 15.2 Å². The normalized spacial score (nSPS) is 14.3. The predicted octanol–water partition coefficient (Wildman–Crippen LogP) is 7.80. The molecule has 0 atom stereocenters. The van der Waals surface area contributed by atoms with E-state index in [4.69, 9.17) is 9.97 Å². The number of para-hydroxylation sites is 1. The third kappa shape index (κ3) is 2.63. The van der Waals surface area contributed by atoms with Gasteiger partial charge in [0, 0.05) is 38.5 Å². The molecule has 4 aromatic heterocycles. The van der Waals surface area contributed by atoms with E-state index in [9.17, 15) is 0 Å². The zero-order valence-corrected chi connectivity index (χ0v) is 21.6. The molecule has 4 nitrogen and oxygen atoms in total. The van der Waals surface area contributed by atoms with Crippen LogP contribution in [0.5, 0.6) is 0 Å². The van der Waals surface area contributed by atoms with E-state index in [2.05, 4.69) is 107 Å². The molecule has 0 amide bonds. The molecule has 0 fully saturated rings. The largest absolute Gasteiger partial charge is 0.306 e. The summed E-state index contributed by atoms with van der Waals surface area (Å²) in [4.78, 5) is 17.1. The zero-order valence-electron chi connectivity index (χ0n) is 20.7. The Hall–Kier alpha value is -4.74. The van der Waals surface area contributed by atoms with Gasteiger partial charge in [0.05, 0.1) is 45.9 Å². The Labute approximate surface area is 229 Å². The van der Waals surface area contributed by atoms with E-state index < -0.39 is 5.41 Å². The van der Waals surface area contributed by atoms with Crippen LogP contribution in [0.3, 0.4) is 0 Å². The molecule has 1 aliphatic heterocycles. The van der Waals surface area contributed by atoms with E-state index in [1.54, 1.807) is 0 Å². The third-order valence-corrected chi connectivity index (χ3v) is 9.40. The van der Waals surface area contributed by atoms with E-state index in [0.717, 1.165) is 28.1 Å². The predicted molar refractivity (Wildman–Crippen MR) is 156 cm³/mol. The van der Waals surface area contributed by atoms with E-state index >= 15 is 0 Å². The minimum absolute atomic E-state index is 0.503. The number of hydrogen-bond donors (Lipinski definition) is 0. The Morgan fingerprint density at radius 1 is 0.564 bits per heavy atom. The van der Waals surface area contributed by atoms with Gasteiger partial charge >= 0.3 is 0 Å². The number of nitrogens with zero attached hydrogens (tertiary/aromatic N) is 4. The van der Waals surface area contributed by atoms with E-state index in [0.29, 0.717) is 0 Å². The molecule has 7 aromatic rings. The summed E-state index contributed by atoms with van der Waals surface area (Å²) in [6.45, 7) is 0. The Bertz CT molecular complexity index is 2030. The van der Waals surface area contributed by atoms with Gasteiger partial charge in [0.2, 0.25) is 0 Å². The van der Waals surface area contributed by atoms with Crippen LogP contribution in [0.2, 0.25) is 0 Å². The highest BCUT2D eigenvalue weighted by atomic mass is 32.2. The minimum Gasteiger partial charge on any atom is -0.306 e. The minimum atomic E-state index is -0.503. The molecule has 0 radical (unpaired) electrons. The van der Waals surface area contributed by atoms with Crippen LogP contribution in [0, 0.1) is 0 Å². The SMILES string of the molecule is c1ccc2c(c1)Sc1ccccc1C21c2cccnc2-c2ncc(-n3c4ccccc4c4ccncc43)cc21. The molecule has 39 heavy (non-hydrogen) atoms. The Morgan fingerprint density at radius 3 is 2.10 bits per heavy atom. The third-order valence-electron chi connectivity index (χ3n) is 8.25.